The minimum atomic E-state index is 0.0852. The minimum Gasteiger partial charge on any atom is -0.497 e. The van der Waals surface area contributed by atoms with Gasteiger partial charge in [-0.25, -0.2) is 0 Å². The van der Waals surface area contributed by atoms with E-state index in [1.807, 2.05) is 47.4 Å². The van der Waals surface area contributed by atoms with E-state index in [4.69, 9.17) is 4.74 Å². The van der Waals surface area contributed by atoms with Crippen molar-refractivity contribution in [1.29, 1.82) is 0 Å². The molecule has 0 aliphatic carbocycles. The number of carbonyl (C=O) groups is 1. The minimum absolute atomic E-state index is 0.0852. The van der Waals surface area contributed by atoms with Gasteiger partial charge < -0.3 is 9.64 Å². The van der Waals surface area contributed by atoms with Crippen LogP contribution in [0.2, 0.25) is 0 Å². The highest BCUT2D eigenvalue weighted by Gasteiger charge is 2.45. The monoisotopic (exact) mass is 335 g/mol. The number of hydrogen-bond donors (Lipinski definition) is 0. The van der Waals surface area contributed by atoms with Crippen LogP contribution in [0.5, 0.6) is 5.75 Å². The normalized spacial score (nSPS) is 19.9. The lowest BCUT2D eigenvalue weighted by atomic mass is 9.82. The third kappa shape index (κ3) is 3.76. The summed E-state index contributed by atoms with van der Waals surface area (Å²) in [5.41, 5.74) is 2.09. The van der Waals surface area contributed by atoms with Crippen LogP contribution in [0.1, 0.15) is 31.7 Å². The third-order valence-corrected chi connectivity index (χ3v) is 4.77. The summed E-state index contributed by atoms with van der Waals surface area (Å²) in [5, 5.41) is 0. The maximum absolute atomic E-state index is 12.7. The van der Waals surface area contributed by atoms with Gasteiger partial charge in [-0.3, -0.25) is 4.79 Å². The molecule has 0 aromatic heterocycles. The van der Waals surface area contributed by atoms with E-state index in [1.165, 1.54) is 0 Å². The second-order valence-corrected chi connectivity index (χ2v) is 6.42. The Kier molecular flexibility index (Phi) is 5.54. The Labute approximate surface area is 149 Å². The first kappa shape index (κ1) is 17.3. The third-order valence-electron chi connectivity index (χ3n) is 4.77. The highest BCUT2D eigenvalue weighted by atomic mass is 16.5. The van der Waals surface area contributed by atoms with Crippen molar-refractivity contribution < 1.29 is 9.53 Å². The molecule has 0 N–H and O–H groups in total. The van der Waals surface area contributed by atoms with Crippen LogP contribution in [-0.4, -0.2) is 19.1 Å². The summed E-state index contributed by atoms with van der Waals surface area (Å²) in [4.78, 5) is 14.6. The van der Waals surface area contributed by atoms with Gasteiger partial charge in [0, 0.05) is 5.69 Å². The van der Waals surface area contributed by atoms with E-state index < -0.39 is 0 Å². The predicted molar refractivity (Wildman–Crippen MR) is 103 cm³/mol. The Morgan fingerprint density at radius 1 is 1.08 bits per heavy atom. The topological polar surface area (TPSA) is 29.5 Å². The maximum atomic E-state index is 12.7. The Bertz CT molecular complexity index is 721. The molecule has 0 spiro atoms. The average molecular weight is 335 g/mol. The van der Waals surface area contributed by atoms with E-state index in [1.54, 1.807) is 7.11 Å². The highest BCUT2D eigenvalue weighted by molar-refractivity contribution is 6.03. The number of hydrogen-bond acceptors (Lipinski definition) is 2. The van der Waals surface area contributed by atoms with Crippen LogP contribution in [0, 0.1) is 5.92 Å². The van der Waals surface area contributed by atoms with Gasteiger partial charge in [-0.1, -0.05) is 62.2 Å². The first-order valence-electron chi connectivity index (χ1n) is 8.95. The van der Waals surface area contributed by atoms with Crippen LogP contribution < -0.4 is 9.64 Å². The van der Waals surface area contributed by atoms with Crippen molar-refractivity contribution >= 4 is 17.7 Å². The number of nitrogens with zero attached hydrogens (tertiary/aromatic N) is 1. The van der Waals surface area contributed by atoms with Crippen LogP contribution in [0.4, 0.5) is 5.69 Å². The average Bonchev–Trinajstić information content (AvgIpc) is 2.66. The molecule has 3 rings (SSSR count). The molecule has 0 radical (unpaired) electrons. The van der Waals surface area contributed by atoms with Gasteiger partial charge in [0.25, 0.3) is 0 Å². The summed E-state index contributed by atoms with van der Waals surface area (Å²) in [6.07, 6.45) is 7.43. The highest BCUT2D eigenvalue weighted by Crippen LogP contribution is 2.37. The largest absolute Gasteiger partial charge is 0.497 e. The molecule has 2 atom stereocenters. The van der Waals surface area contributed by atoms with E-state index >= 15 is 0 Å². The molecule has 130 valence electrons. The molecule has 25 heavy (non-hydrogen) atoms. The zero-order chi connectivity index (χ0) is 17.6. The van der Waals surface area contributed by atoms with Gasteiger partial charge in [0.05, 0.1) is 19.1 Å². The van der Waals surface area contributed by atoms with Crippen LogP contribution >= 0.6 is 0 Å². The van der Waals surface area contributed by atoms with Crippen LogP contribution in [0.3, 0.4) is 0 Å². The van der Waals surface area contributed by atoms with Gasteiger partial charge in [-0.2, -0.15) is 0 Å². The number of carbonyl (C=O) groups excluding carboxylic acids is 1. The van der Waals surface area contributed by atoms with Crippen molar-refractivity contribution in [2.45, 2.75) is 32.2 Å². The molecule has 1 aliphatic heterocycles. The molecule has 1 saturated heterocycles. The summed E-state index contributed by atoms with van der Waals surface area (Å²) in [6.45, 7) is 2.17. The number of methoxy groups -OCH3 is 1. The van der Waals surface area contributed by atoms with Crippen LogP contribution in [0.25, 0.3) is 6.08 Å². The Balaban J connectivity index is 1.82. The molecular weight excluding hydrogens is 310 g/mol. The van der Waals surface area contributed by atoms with Gasteiger partial charge in [0.2, 0.25) is 5.91 Å². The fourth-order valence-corrected chi connectivity index (χ4v) is 3.32. The molecule has 1 amide bonds. The van der Waals surface area contributed by atoms with Gasteiger partial charge in [0.15, 0.2) is 0 Å². The maximum Gasteiger partial charge on any atom is 0.233 e. The van der Waals surface area contributed by atoms with E-state index in [0.29, 0.717) is 0 Å². The molecule has 3 heteroatoms. The molecular formula is C22H25NO2. The smallest absolute Gasteiger partial charge is 0.233 e. The second kappa shape index (κ2) is 8.02. The lowest BCUT2D eigenvalue weighted by Gasteiger charge is -2.46. The number of anilines is 1. The quantitative estimate of drug-likeness (QED) is 0.671. The summed E-state index contributed by atoms with van der Waals surface area (Å²) < 4.78 is 5.22. The Morgan fingerprint density at radius 2 is 1.80 bits per heavy atom. The van der Waals surface area contributed by atoms with Gasteiger partial charge in [-0.15, -0.1) is 0 Å². The Hall–Kier alpha value is -2.55. The predicted octanol–water partition coefficient (Wildman–Crippen LogP) is 4.93. The molecule has 0 bridgehead atoms. The molecule has 1 heterocycles. The van der Waals surface area contributed by atoms with Crippen molar-refractivity contribution in [2.24, 2.45) is 5.92 Å². The fraction of sp³-hybridized carbons (Fsp3) is 0.318. The van der Waals surface area contributed by atoms with E-state index in [0.717, 1.165) is 36.3 Å². The lowest BCUT2D eigenvalue weighted by Crippen LogP contribution is -2.60. The first-order chi connectivity index (χ1) is 12.2. The second-order valence-electron chi connectivity index (χ2n) is 6.42. The van der Waals surface area contributed by atoms with Crippen molar-refractivity contribution in [3.05, 3.63) is 66.2 Å². The molecule has 0 unspecified atom stereocenters. The van der Waals surface area contributed by atoms with Crippen molar-refractivity contribution in [2.75, 3.05) is 12.0 Å². The number of β-lactam (4-membered cyclic amide) rings is 1. The molecule has 0 saturated carbocycles. The SMILES string of the molecule is CCCC[C@H]1C(=O)N(c2ccc(OC)cc2)[C@H]1/C=C/c1ccccc1. The van der Waals surface area contributed by atoms with Gasteiger partial charge in [0.1, 0.15) is 5.75 Å². The molecule has 3 nitrogen and oxygen atoms in total. The Morgan fingerprint density at radius 3 is 2.44 bits per heavy atom. The van der Waals surface area contributed by atoms with Gasteiger partial charge >= 0.3 is 0 Å². The van der Waals surface area contributed by atoms with Crippen LogP contribution in [-0.2, 0) is 4.79 Å². The number of amides is 1. The molecule has 1 aliphatic rings. The molecule has 1 fully saturated rings. The van der Waals surface area contributed by atoms with Crippen molar-refractivity contribution in [1.82, 2.24) is 0 Å². The fourth-order valence-electron chi connectivity index (χ4n) is 3.32. The van der Waals surface area contributed by atoms with E-state index in [9.17, 15) is 4.79 Å². The number of benzene rings is 2. The van der Waals surface area contributed by atoms with Gasteiger partial charge in [-0.05, 0) is 36.2 Å². The standard InChI is InChI=1S/C22H25NO2/c1-3-4-10-20-21(16-11-17-8-6-5-7-9-17)23(22(20)24)18-12-14-19(25-2)15-13-18/h5-9,11-16,20-21H,3-4,10H2,1-2H3/b16-11+/t20-,21+/m1/s1. The van der Waals surface area contributed by atoms with Crippen LogP contribution in [0.15, 0.2) is 60.7 Å². The van der Waals surface area contributed by atoms with E-state index in [2.05, 4.69) is 31.2 Å². The summed E-state index contributed by atoms with van der Waals surface area (Å²) in [6, 6.07) is 18.1. The zero-order valence-corrected chi connectivity index (χ0v) is 14.9. The van der Waals surface area contributed by atoms with Crippen molar-refractivity contribution in [3.8, 4) is 5.75 Å². The number of ether oxygens (including phenoxy) is 1. The first-order valence-corrected chi connectivity index (χ1v) is 8.95. The summed E-state index contributed by atoms with van der Waals surface area (Å²) in [7, 11) is 1.65. The van der Waals surface area contributed by atoms with E-state index in [-0.39, 0.29) is 17.9 Å². The number of rotatable bonds is 7. The zero-order valence-electron chi connectivity index (χ0n) is 14.9. The lowest BCUT2D eigenvalue weighted by molar-refractivity contribution is -0.129. The molecule has 2 aromatic rings. The summed E-state index contributed by atoms with van der Waals surface area (Å²) >= 11 is 0. The number of unbranched alkanes of at least 4 members (excludes halogenated alkanes) is 1. The summed E-state index contributed by atoms with van der Waals surface area (Å²) in [5.74, 6) is 1.11. The molecule has 2 aromatic carbocycles. The van der Waals surface area contributed by atoms with Crippen molar-refractivity contribution in [3.63, 3.8) is 0 Å².